The molecule has 3 heteroatoms. The zero-order chi connectivity index (χ0) is 9.31. The predicted molar refractivity (Wildman–Crippen MR) is 53.3 cm³/mol. The molecule has 1 aliphatic rings. The molecule has 0 saturated carbocycles. The van der Waals surface area contributed by atoms with Gasteiger partial charge in [0.1, 0.15) is 0 Å². The molecule has 1 N–H and O–H groups in total. The number of aryl methyl sites for hydroxylation is 1. The maximum atomic E-state index is 8.98. The third-order valence-electron chi connectivity index (χ3n) is 2.60. The normalized spacial score (nSPS) is 19.8. The van der Waals surface area contributed by atoms with E-state index >= 15 is 0 Å². The second-order valence-electron chi connectivity index (χ2n) is 3.74. The summed E-state index contributed by atoms with van der Waals surface area (Å²) in [6.07, 6.45) is 0.826. The fourth-order valence-electron chi connectivity index (χ4n) is 1.68. The molecule has 1 aromatic heterocycles. The van der Waals surface area contributed by atoms with E-state index < -0.39 is 0 Å². The molecular weight excluding hydrogens is 184 g/mol. The van der Waals surface area contributed by atoms with Gasteiger partial charge in [-0.05, 0) is 30.4 Å². The van der Waals surface area contributed by atoms with E-state index in [1.165, 1.54) is 10.4 Å². The van der Waals surface area contributed by atoms with E-state index in [0.717, 1.165) is 19.6 Å². The molecule has 1 aliphatic heterocycles. The van der Waals surface area contributed by atoms with E-state index in [1.807, 2.05) is 0 Å². The van der Waals surface area contributed by atoms with Crippen molar-refractivity contribution in [2.24, 2.45) is 0 Å². The SMILES string of the molecule is Cc1csc(C2(CCO)COC2)c1. The molecule has 0 aromatic carbocycles. The summed E-state index contributed by atoms with van der Waals surface area (Å²) in [7, 11) is 0. The summed E-state index contributed by atoms with van der Waals surface area (Å²) in [5.41, 5.74) is 1.44. The highest BCUT2D eigenvalue weighted by Crippen LogP contribution is 2.38. The molecule has 1 aromatic rings. The molecule has 0 amide bonds. The van der Waals surface area contributed by atoms with Crippen molar-refractivity contribution in [3.05, 3.63) is 21.9 Å². The Kier molecular flexibility index (Phi) is 2.41. The number of hydrogen-bond acceptors (Lipinski definition) is 3. The Balaban J connectivity index is 2.21. The van der Waals surface area contributed by atoms with E-state index in [4.69, 9.17) is 9.84 Å². The first-order valence-corrected chi connectivity index (χ1v) is 5.39. The molecule has 0 unspecified atom stereocenters. The molecule has 0 radical (unpaired) electrons. The summed E-state index contributed by atoms with van der Waals surface area (Å²) in [5, 5.41) is 11.1. The third-order valence-corrected chi connectivity index (χ3v) is 3.89. The van der Waals surface area contributed by atoms with Gasteiger partial charge in [-0.15, -0.1) is 11.3 Å². The Morgan fingerprint density at radius 2 is 2.38 bits per heavy atom. The van der Waals surface area contributed by atoms with Crippen molar-refractivity contribution in [3.63, 3.8) is 0 Å². The Morgan fingerprint density at radius 1 is 1.62 bits per heavy atom. The summed E-state index contributed by atoms with van der Waals surface area (Å²) in [5.74, 6) is 0. The van der Waals surface area contributed by atoms with Gasteiger partial charge in [-0.25, -0.2) is 0 Å². The van der Waals surface area contributed by atoms with Crippen molar-refractivity contribution in [3.8, 4) is 0 Å². The monoisotopic (exact) mass is 198 g/mol. The largest absolute Gasteiger partial charge is 0.396 e. The zero-order valence-corrected chi connectivity index (χ0v) is 8.56. The first-order chi connectivity index (χ1) is 6.27. The average molecular weight is 198 g/mol. The van der Waals surface area contributed by atoms with Crippen LogP contribution in [0.4, 0.5) is 0 Å². The molecule has 0 aliphatic carbocycles. The van der Waals surface area contributed by atoms with E-state index in [9.17, 15) is 0 Å². The smallest absolute Gasteiger partial charge is 0.0594 e. The summed E-state index contributed by atoms with van der Waals surface area (Å²) in [6.45, 7) is 3.90. The molecule has 13 heavy (non-hydrogen) atoms. The van der Waals surface area contributed by atoms with Gasteiger partial charge in [0.2, 0.25) is 0 Å². The van der Waals surface area contributed by atoms with Crippen molar-refractivity contribution in [2.45, 2.75) is 18.8 Å². The van der Waals surface area contributed by atoms with Gasteiger partial charge in [0.15, 0.2) is 0 Å². The highest BCUT2D eigenvalue weighted by atomic mass is 32.1. The van der Waals surface area contributed by atoms with Crippen LogP contribution in [0.1, 0.15) is 16.9 Å². The van der Waals surface area contributed by atoms with Crippen molar-refractivity contribution >= 4 is 11.3 Å². The fourth-order valence-corrected chi connectivity index (χ4v) is 2.79. The highest BCUT2D eigenvalue weighted by Gasteiger charge is 2.40. The summed E-state index contributed by atoms with van der Waals surface area (Å²) in [6, 6.07) is 2.21. The summed E-state index contributed by atoms with van der Waals surface area (Å²) in [4.78, 5) is 1.37. The van der Waals surface area contributed by atoms with Crippen LogP contribution in [0, 0.1) is 6.92 Å². The molecular formula is C10H14O2S. The number of ether oxygens (including phenoxy) is 1. The van der Waals surface area contributed by atoms with Gasteiger partial charge in [0.25, 0.3) is 0 Å². The highest BCUT2D eigenvalue weighted by molar-refractivity contribution is 7.10. The van der Waals surface area contributed by atoms with Crippen LogP contribution in [-0.4, -0.2) is 24.9 Å². The lowest BCUT2D eigenvalue weighted by Gasteiger charge is -2.40. The van der Waals surface area contributed by atoms with E-state index in [-0.39, 0.29) is 12.0 Å². The van der Waals surface area contributed by atoms with E-state index in [0.29, 0.717) is 0 Å². The topological polar surface area (TPSA) is 29.5 Å². The van der Waals surface area contributed by atoms with Gasteiger partial charge in [-0.3, -0.25) is 0 Å². The van der Waals surface area contributed by atoms with Gasteiger partial charge in [-0.1, -0.05) is 0 Å². The molecule has 0 bridgehead atoms. The van der Waals surface area contributed by atoms with Gasteiger partial charge in [0.05, 0.1) is 18.6 Å². The van der Waals surface area contributed by atoms with Crippen LogP contribution in [0.2, 0.25) is 0 Å². The molecule has 2 rings (SSSR count). The van der Waals surface area contributed by atoms with Crippen LogP contribution < -0.4 is 0 Å². The predicted octanol–water partition coefficient (Wildman–Crippen LogP) is 1.71. The first-order valence-electron chi connectivity index (χ1n) is 4.51. The average Bonchev–Trinajstić information content (AvgIpc) is 2.44. The van der Waals surface area contributed by atoms with Crippen LogP contribution in [0.5, 0.6) is 0 Å². The van der Waals surface area contributed by atoms with Crippen LogP contribution in [-0.2, 0) is 10.2 Å². The Bertz CT molecular complexity index is 289. The Hall–Kier alpha value is -0.380. The molecule has 1 fully saturated rings. The Morgan fingerprint density at radius 3 is 2.77 bits per heavy atom. The number of thiophene rings is 1. The number of aliphatic hydroxyl groups excluding tert-OH is 1. The minimum atomic E-state index is 0.133. The number of aliphatic hydroxyl groups is 1. The summed E-state index contributed by atoms with van der Waals surface area (Å²) >= 11 is 1.78. The van der Waals surface area contributed by atoms with Crippen molar-refractivity contribution in [1.29, 1.82) is 0 Å². The van der Waals surface area contributed by atoms with Gasteiger partial charge in [-0.2, -0.15) is 0 Å². The van der Waals surface area contributed by atoms with Crippen LogP contribution in [0.15, 0.2) is 11.4 Å². The van der Waals surface area contributed by atoms with Gasteiger partial charge < -0.3 is 9.84 Å². The lowest BCUT2D eigenvalue weighted by molar-refractivity contribution is -0.0682. The van der Waals surface area contributed by atoms with Crippen molar-refractivity contribution < 1.29 is 9.84 Å². The minimum Gasteiger partial charge on any atom is -0.396 e. The number of rotatable bonds is 3. The van der Waals surface area contributed by atoms with Crippen LogP contribution in [0.25, 0.3) is 0 Å². The second kappa shape index (κ2) is 3.40. The third kappa shape index (κ3) is 1.52. The molecule has 72 valence electrons. The molecule has 2 heterocycles. The van der Waals surface area contributed by atoms with Crippen molar-refractivity contribution in [2.75, 3.05) is 19.8 Å². The van der Waals surface area contributed by atoms with E-state index in [2.05, 4.69) is 18.4 Å². The summed E-state index contributed by atoms with van der Waals surface area (Å²) < 4.78 is 5.25. The lowest BCUT2D eigenvalue weighted by Crippen LogP contribution is -2.46. The Labute approximate surface area is 82.2 Å². The quantitative estimate of drug-likeness (QED) is 0.801. The molecule has 0 atom stereocenters. The fraction of sp³-hybridized carbons (Fsp3) is 0.600. The second-order valence-corrected chi connectivity index (χ2v) is 4.65. The van der Waals surface area contributed by atoms with Crippen LogP contribution >= 0.6 is 11.3 Å². The van der Waals surface area contributed by atoms with Crippen molar-refractivity contribution in [1.82, 2.24) is 0 Å². The molecule has 0 spiro atoms. The minimum absolute atomic E-state index is 0.133. The van der Waals surface area contributed by atoms with Gasteiger partial charge in [0, 0.05) is 11.5 Å². The lowest BCUT2D eigenvalue weighted by atomic mass is 9.81. The number of hydrogen-bond donors (Lipinski definition) is 1. The first kappa shape index (κ1) is 9.19. The van der Waals surface area contributed by atoms with E-state index in [1.54, 1.807) is 11.3 Å². The standard InChI is InChI=1S/C10H14O2S/c1-8-4-9(13-5-8)10(2-3-11)6-12-7-10/h4-5,11H,2-3,6-7H2,1H3. The van der Waals surface area contributed by atoms with Gasteiger partial charge >= 0.3 is 0 Å². The maximum absolute atomic E-state index is 8.98. The molecule has 1 saturated heterocycles. The van der Waals surface area contributed by atoms with Crippen LogP contribution in [0.3, 0.4) is 0 Å². The molecule has 2 nitrogen and oxygen atoms in total. The maximum Gasteiger partial charge on any atom is 0.0594 e. The zero-order valence-electron chi connectivity index (χ0n) is 7.75.